The summed E-state index contributed by atoms with van der Waals surface area (Å²) in [4.78, 5) is 23.9. The van der Waals surface area contributed by atoms with Gasteiger partial charge in [0.25, 0.3) is 0 Å². The summed E-state index contributed by atoms with van der Waals surface area (Å²) in [5, 5.41) is 12.1. The Morgan fingerprint density at radius 3 is 2.52 bits per heavy atom. The smallest absolute Gasteiger partial charge is 0.305 e. The molecule has 2 N–H and O–H groups in total. The minimum atomic E-state index is -0.956. The third-order valence-corrected chi connectivity index (χ3v) is 4.25. The summed E-state index contributed by atoms with van der Waals surface area (Å²) >= 11 is 0. The number of methoxy groups -OCH3 is 1. The third-order valence-electron chi connectivity index (χ3n) is 4.25. The first-order valence-corrected chi connectivity index (χ1v) is 8.14. The summed E-state index contributed by atoms with van der Waals surface area (Å²) in [6.07, 6.45) is -0.165. The minimum absolute atomic E-state index is 0.165. The van der Waals surface area contributed by atoms with Crippen LogP contribution in [0.3, 0.4) is 0 Å². The predicted molar refractivity (Wildman–Crippen MR) is 95.7 cm³/mol. The quantitative estimate of drug-likeness (QED) is 0.809. The van der Waals surface area contributed by atoms with Crippen LogP contribution in [0.15, 0.2) is 48.5 Å². The van der Waals surface area contributed by atoms with Crippen molar-refractivity contribution in [2.75, 3.05) is 7.11 Å². The largest absolute Gasteiger partial charge is 0.497 e. The number of aryl methyl sites for hydroxylation is 1. The summed E-state index contributed by atoms with van der Waals surface area (Å²) in [6, 6.07) is 14.2. The van der Waals surface area contributed by atoms with Crippen LogP contribution in [0.25, 0.3) is 0 Å². The van der Waals surface area contributed by atoms with Crippen LogP contribution in [-0.2, 0) is 9.59 Å². The number of carboxylic acids is 1. The standard InChI is InChI=1S/C20H23NO4/c1-13-7-4-5-10-17(13)18(12-19(22)23)21-20(24)14(2)15-8-6-9-16(11-15)25-3/h4-11,14,18H,12H2,1-3H3,(H,21,24)(H,22,23). The van der Waals surface area contributed by atoms with E-state index in [4.69, 9.17) is 4.74 Å². The molecule has 0 radical (unpaired) electrons. The normalized spacial score (nSPS) is 12.9. The van der Waals surface area contributed by atoms with E-state index in [-0.39, 0.29) is 12.3 Å². The van der Waals surface area contributed by atoms with Crippen molar-refractivity contribution in [3.63, 3.8) is 0 Å². The second-order valence-electron chi connectivity index (χ2n) is 6.01. The molecule has 1 amide bonds. The molecule has 2 unspecified atom stereocenters. The Bertz CT molecular complexity index is 757. The van der Waals surface area contributed by atoms with Crippen molar-refractivity contribution >= 4 is 11.9 Å². The first kappa shape index (κ1) is 18.5. The van der Waals surface area contributed by atoms with Gasteiger partial charge in [-0.15, -0.1) is 0 Å². The Morgan fingerprint density at radius 2 is 1.88 bits per heavy atom. The maximum absolute atomic E-state index is 12.7. The van der Waals surface area contributed by atoms with Crippen molar-refractivity contribution in [2.45, 2.75) is 32.2 Å². The number of benzene rings is 2. The highest BCUT2D eigenvalue weighted by atomic mass is 16.5. The molecule has 0 saturated heterocycles. The minimum Gasteiger partial charge on any atom is -0.497 e. The molecule has 5 heteroatoms. The molecule has 0 heterocycles. The summed E-state index contributed by atoms with van der Waals surface area (Å²) in [7, 11) is 1.57. The maximum Gasteiger partial charge on any atom is 0.305 e. The molecule has 25 heavy (non-hydrogen) atoms. The Kier molecular flexibility index (Phi) is 6.17. The van der Waals surface area contributed by atoms with E-state index in [2.05, 4.69) is 5.32 Å². The number of amides is 1. The number of hydrogen-bond donors (Lipinski definition) is 2. The van der Waals surface area contributed by atoms with E-state index in [1.807, 2.05) is 55.5 Å². The lowest BCUT2D eigenvalue weighted by Gasteiger charge is -2.22. The number of carbonyl (C=O) groups excluding carboxylic acids is 1. The van der Waals surface area contributed by atoms with Crippen molar-refractivity contribution in [1.29, 1.82) is 0 Å². The second kappa shape index (κ2) is 8.33. The third kappa shape index (κ3) is 4.83. The van der Waals surface area contributed by atoms with Gasteiger partial charge in [-0.25, -0.2) is 0 Å². The number of hydrogen-bond acceptors (Lipinski definition) is 3. The van der Waals surface area contributed by atoms with E-state index in [9.17, 15) is 14.7 Å². The van der Waals surface area contributed by atoms with Gasteiger partial charge in [0, 0.05) is 0 Å². The molecule has 0 saturated carbocycles. The lowest BCUT2D eigenvalue weighted by Crippen LogP contribution is -2.33. The molecule has 2 rings (SSSR count). The van der Waals surface area contributed by atoms with Crippen LogP contribution in [0.1, 0.15) is 42.0 Å². The fourth-order valence-electron chi connectivity index (χ4n) is 2.75. The van der Waals surface area contributed by atoms with E-state index < -0.39 is 17.9 Å². The van der Waals surface area contributed by atoms with E-state index in [0.29, 0.717) is 5.75 Å². The van der Waals surface area contributed by atoms with Crippen LogP contribution in [0.2, 0.25) is 0 Å². The highest BCUT2D eigenvalue weighted by Gasteiger charge is 2.23. The second-order valence-corrected chi connectivity index (χ2v) is 6.01. The zero-order valence-electron chi connectivity index (χ0n) is 14.7. The van der Waals surface area contributed by atoms with Crippen LogP contribution in [0.4, 0.5) is 0 Å². The molecule has 2 aromatic carbocycles. The van der Waals surface area contributed by atoms with Gasteiger partial charge in [0.1, 0.15) is 5.75 Å². The number of nitrogens with one attached hydrogen (secondary N) is 1. The van der Waals surface area contributed by atoms with Crippen molar-refractivity contribution < 1.29 is 19.4 Å². The first-order valence-electron chi connectivity index (χ1n) is 8.14. The molecule has 0 aliphatic rings. The summed E-state index contributed by atoms with van der Waals surface area (Å²) in [5.74, 6) is -0.918. The van der Waals surface area contributed by atoms with Gasteiger partial charge in [-0.1, -0.05) is 36.4 Å². The van der Waals surface area contributed by atoms with Crippen molar-refractivity contribution in [1.82, 2.24) is 5.32 Å². The molecule has 5 nitrogen and oxygen atoms in total. The van der Waals surface area contributed by atoms with Gasteiger partial charge in [-0.05, 0) is 42.7 Å². The number of rotatable bonds is 7. The number of ether oxygens (including phenoxy) is 1. The van der Waals surface area contributed by atoms with Crippen LogP contribution in [0.5, 0.6) is 5.75 Å². The monoisotopic (exact) mass is 341 g/mol. The molecule has 0 spiro atoms. The van der Waals surface area contributed by atoms with Gasteiger partial charge in [-0.2, -0.15) is 0 Å². The topological polar surface area (TPSA) is 75.6 Å². The fraction of sp³-hybridized carbons (Fsp3) is 0.300. The molecule has 0 bridgehead atoms. The Hall–Kier alpha value is -2.82. The van der Waals surface area contributed by atoms with Crippen LogP contribution in [0, 0.1) is 6.92 Å². The number of carbonyl (C=O) groups is 2. The molecule has 0 aliphatic carbocycles. The van der Waals surface area contributed by atoms with Crippen LogP contribution in [-0.4, -0.2) is 24.1 Å². The summed E-state index contributed by atoms with van der Waals surface area (Å²) in [5.41, 5.74) is 2.58. The average Bonchev–Trinajstić information content (AvgIpc) is 2.60. The van der Waals surface area contributed by atoms with Gasteiger partial charge in [-0.3, -0.25) is 9.59 Å². The zero-order chi connectivity index (χ0) is 18.4. The zero-order valence-corrected chi connectivity index (χ0v) is 14.7. The number of carboxylic acid groups (broad SMARTS) is 1. The van der Waals surface area contributed by atoms with Crippen LogP contribution >= 0.6 is 0 Å². The van der Waals surface area contributed by atoms with E-state index in [1.54, 1.807) is 14.0 Å². The molecule has 132 valence electrons. The van der Waals surface area contributed by atoms with Gasteiger partial charge < -0.3 is 15.2 Å². The highest BCUT2D eigenvalue weighted by molar-refractivity contribution is 5.84. The average molecular weight is 341 g/mol. The Morgan fingerprint density at radius 1 is 1.16 bits per heavy atom. The van der Waals surface area contributed by atoms with Gasteiger partial charge >= 0.3 is 5.97 Å². The van der Waals surface area contributed by atoms with E-state index >= 15 is 0 Å². The molecular weight excluding hydrogens is 318 g/mol. The SMILES string of the molecule is COc1cccc(C(C)C(=O)NC(CC(=O)O)c2ccccc2C)c1. The molecule has 0 aliphatic heterocycles. The van der Waals surface area contributed by atoms with E-state index in [0.717, 1.165) is 16.7 Å². The number of aliphatic carboxylic acids is 1. The first-order chi connectivity index (χ1) is 11.9. The molecular formula is C20H23NO4. The lowest BCUT2D eigenvalue weighted by atomic mass is 9.96. The van der Waals surface area contributed by atoms with Gasteiger partial charge in [0.2, 0.25) is 5.91 Å². The Balaban J connectivity index is 2.21. The van der Waals surface area contributed by atoms with E-state index in [1.165, 1.54) is 0 Å². The van der Waals surface area contributed by atoms with Crippen molar-refractivity contribution in [2.24, 2.45) is 0 Å². The van der Waals surface area contributed by atoms with Crippen molar-refractivity contribution in [3.05, 3.63) is 65.2 Å². The van der Waals surface area contributed by atoms with Crippen molar-refractivity contribution in [3.8, 4) is 5.75 Å². The molecule has 2 atom stereocenters. The molecule has 0 aromatic heterocycles. The summed E-state index contributed by atoms with van der Waals surface area (Å²) < 4.78 is 5.19. The van der Waals surface area contributed by atoms with Gasteiger partial charge in [0.05, 0.1) is 25.5 Å². The predicted octanol–water partition coefficient (Wildman–Crippen LogP) is 3.44. The molecule has 0 fully saturated rings. The lowest BCUT2D eigenvalue weighted by molar-refractivity contribution is -0.137. The molecule has 2 aromatic rings. The summed E-state index contributed by atoms with van der Waals surface area (Å²) in [6.45, 7) is 3.70. The van der Waals surface area contributed by atoms with Gasteiger partial charge in [0.15, 0.2) is 0 Å². The highest BCUT2D eigenvalue weighted by Crippen LogP contribution is 2.24. The fourth-order valence-corrected chi connectivity index (χ4v) is 2.75. The van der Waals surface area contributed by atoms with Crippen LogP contribution < -0.4 is 10.1 Å². The maximum atomic E-state index is 12.7. The Labute approximate surface area is 147 Å².